The number of amides is 3. The van der Waals surface area contributed by atoms with E-state index in [1.807, 2.05) is 0 Å². The van der Waals surface area contributed by atoms with Crippen LogP contribution in [0, 0.1) is 5.82 Å². The zero-order valence-electron chi connectivity index (χ0n) is 13.1. The van der Waals surface area contributed by atoms with Crippen LogP contribution < -0.4 is 20.3 Å². The second-order valence-corrected chi connectivity index (χ2v) is 5.13. The third kappa shape index (κ3) is 7.27. The van der Waals surface area contributed by atoms with Crippen molar-refractivity contribution in [1.29, 1.82) is 0 Å². The summed E-state index contributed by atoms with van der Waals surface area (Å²) in [6, 6.07) is 3.11. The van der Waals surface area contributed by atoms with Crippen LogP contribution in [0.2, 0.25) is 0 Å². The molecule has 24 heavy (non-hydrogen) atoms. The molecule has 0 bridgehead atoms. The van der Waals surface area contributed by atoms with Crippen molar-refractivity contribution < 1.29 is 36.8 Å². The Kier molecular flexibility index (Phi) is 6.96. The van der Waals surface area contributed by atoms with Crippen LogP contribution in [0.4, 0.5) is 22.4 Å². The summed E-state index contributed by atoms with van der Waals surface area (Å²) in [6.07, 6.45) is -4.55. The molecule has 0 aliphatic carbocycles. The number of hydrogen-bond donors (Lipinski definition) is 3. The molecule has 0 aliphatic rings. The van der Waals surface area contributed by atoms with Crippen molar-refractivity contribution in [2.45, 2.75) is 12.7 Å². The largest absolute Gasteiger partial charge is 0.494 e. The number of hydrogen-bond acceptors (Lipinski definition) is 3. The SMILES string of the molecule is COc1ccc(C[NH+](C)CC(=O)NC(=O)NCC(F)(F)F)cc1F. The maximum Gasteiger partial charge on any atom is 0.405 e. The van der Waals surface area contributed by atoms with E-state index in [-0.39, 0.29) is 18.8 Å². The van der Waals surface area contributed by atoms with E-state index in [0.29, 0.717) is 10.5 Å². The first kappa shape index (κ1) is 19.7. The highest BCUT2D eigenvalue weighted by atomic mass is 19.4. The molecule has 1 unspecified atom stereocenters. The van der Waals surface area contributed by atoms with E-state index in [1.54, 1.807) is 18.4 Å². The predicted octanol–water partition coefficient (Wildman–Crippen LogP) is 0.237. The number of ether oxygens (including phenoxy) is 1. The average Bonchev–Trinajstić information content (AvgIpc) is 2.44. The number of rotatable bonds is 6. The van der Waals surface area contributed by atoms with Crippen LogP contribution >= 0.6 is 0 Å². The van der Waals surface area contributed by atoms with Gasteiger partial charge in [-0.15, -0.1) is 0 Å². The molecular formula is C14H18F4N3O3+. The molecule has 134 valence electrons. The third-order valence-electron chi connectivity index (χ3n) is 2.89. The number of alkyl halides is 3. The minimum Gasteiger partial charge on any atom is -0.494 e. The van der Waals surface area contributed by atoms with E-state index in [4.69, 9.17) is 4.74 Å². The fraction of sp³-hybridized carbons (Fsp3) is 0.429. The van der Waals surface area contributed by atoms with Gasteiger partial charge < -0.3 is 15.0 Å². The number of nitrogens with one attached hydrogen (secondary N) is 3. The van der Waals surface area contributed by atoms with E-state index >= 15 is 0 Å². The predicted molar refractivity (Wildman–Crippen MR) is 76.0 cm³/mol. The van der Waals surface area contributed by atoms with Gasteiger partial charge >= 0.3 is 12.2 Å². The Morgan fingerprint density at radius 2 is 1.96 bits per heavy atom. The minimum atomic E-state index is -4.55. The van der Waals surface area contributed by atoms with Gasteiger partial charge in [0.05, 0.1) is 14.2 Å². The lowest BCUT2D eigenvalue weighted by atomic mass is 10.2. The summed E-state index contributed by atoms with van der Waals surface area (Å²) in [5.41, 5.74) is 0.597. The molecule has 0 heterocycles. The van der Waals surface area contributed by atoms with Crippen molar-refractivity contribution in [3.63, 3.8) is 0 Å². The van der Waals surface area contributed by atoms with Crippen LogP contribution in [0.5, 0.6) is 5.75 Å². The fourth-order valence-corrected chi connectivity index (χ4v) is 1.90. The van der Waals surface area contributed by atoms with Crippen molar-refractivity contribution in [2.75, 3.05) is 27.2 Å². The second kappa shape index (κ2) is 8.48. The molecule has 3 N–H and O–H groups in total. The number of methoxy groups -OCH3 is 1. The van der Waals surface area contributed by atoms with Crippen molar-refractivity contribution in [3.05, 3.63) is 29.6 Å². The van der Waals surface area contributed by atoms with Crippen LogP contribution in [0.25, 0.3) is 0 Å². The lowest BCUT2D eigenvalue weighted by molar-refractivity contribution is -0.885. The molecule has 0 aromatic heterocycles. The molecule has 1 rings (SSSR count). The van der Waals surface area contributed by atoms with Crippen molar-refractivity contribution in [3.8, 4) is 5.75 Å². The fourth-order valence-electron chi connectivity index (χ4n) is 1.90. The van der Waals surface area contributed by atoms with Crippen LogP contribution in [-0.2, 0) is 11.3 Å². The zero-order valence-corrected chi connectivity index (χ0v) is 13.1. The summed E-state index contributed by atoms with van der Waals surface area (Å²) in [5.74, 6) is -1.20. The second-order valence-electron chi connectivity index (χ2n) is 5.13. The Morgan fingerprint density at radius 3 is 2.50 bits per heavy atom. The van der Waals surface area contributed by atoms with E-state index in [9.17, 15) is 27.2 Å². The summed E-state index contributed by atoms with van der Waals surface area (Å²) in [4.78, 5) is 23.3. The molecule has 0 saturated carbocycles. The van der Waals surface area contributed by atoms with Gasteiger partial charge in [0.15, 0.2) is 18.1 Å². The number of halogens is 4. The minimum absolute atomic E-state index is 0.0930. The molecule has 1 aromatic rings. The molecule has 0 fully saturated rings. The monoisotopic (exact) mass is 352 g/mol. The number of carbonyl (C=O) groups is 2. The average molecular weight is 352 g/mol. The standard InChI is InChI=1S/C14H17F4N3O3/c1-21(6-9-3-4-11(24-2)10(15)5-9)7-12(22)20-13(23)19-8-14(16,17)18/h3-5H,6-8H2,1-2H3,(H2,19,20,22,23)/p+1. The molecule has 3 amide bonds. The zero-order chi connectivity index (χ0) is 18.3. The topological polar surface area (TPSA) is 71.9 Å². The van der Waals surface area contributed by atoms with Gasteiger partial charge in [-0.25, -0.2) is 9.18 Å². The first-order chi connectivity index (χ1) is 11.1. The van der Waals surface area contributed by atoms with Crippen LogP contribution in [0.1, 0.15) is 5.56 Å². The molecule has 10 heteroatoms. The van der Waals surface area contributed by atoms with Gasteiger partial charge in [0, 0.05) is 5.56 Å². The lowest BCUT2D eigenvalue weighted by Crippen LogP contribution is -3.09. The van der Waals surface area contributed by atoms with Gasteiger partial charge in [-0.1, -0.05) is 0 Å². The summed E-state index contributed by atoms with van der Waals surface area (Å²) in [7, 11) is 2.96. The molecule has 1 atom stereocenters. The molecular weight excluding hydrogens is 334 g/mol. The first-order valence-electron chi connectivity index (χ1n) is 6.89. The van der Waals surface area contributed by atoms with E-state index in [1.165, 1.54) is 24.6 Å². The van der Waals surface area contributed by atoms with Crippen molar-refractivity contribution in [2.24, 2.45) is 0 Å². The highest BCUT2D eigenvalue weighted by Gasteiger charge is 2.28. The highest BCUT2D eigenvalue weighted by molar-refractivity contribution is 5.94. The summed E-state index contributed by atoms with van der Waals surface area (Å²) < 4.78 is 54.1. The van der Waals surface area contributed by atoms with Gasteiger partial charge in [0.1, 0.15) is 13.1 Å². The Balaban J connectivity index is 2.44. The number of benzene rings is 1. The number of carbonyl (C=O) groups excluding carboxylic acids is 2. The van der Waals surface area contributed by atoms with Gasteiger partial charge in [-0.3, -0.25) is 10.1 Å². The van der Waals surface area contributed by atoms with Crippen molar-refractivity contribution in [1.82, 2.24) is 10.6 Å². The number of urea groups is 1. The quantitative estimate of drug-likeness (QED) is 0.642. The smallest absolute Gasteiger partial charge is 0.405 e. The molecule has 0 saturated heterocycles. The van der Waals surface area contributed by atoms with Gasteiger partial charge in [-0.2, -0.15) is 13.2 Å². The van der Waals surface area contributed by atoms with E-state index in [2.05, 4.69) is 0 Å². The Morgan fingerprint density at radius 1 is 1.29 bits per heavy atom. The molecule has 1 aromatic carbocycles. The molecule has 6 nitrogen and oxygen atoms in total. The molecule has 0 aliphatic heterocycles. The first-order valence-corrected chi connectivity index (χ1v) is 6.89. The summed E-state index contributed by atoms with van der Waals surface area (Å²) >= 11 is 0. The Bertz CT molecular complexity index is 593. The number of quaternary nitrogens is 1. The van der Waals surface area contributed by atoms with Crippen LogP contribution in [0.3, 0.4) is 0 Å². The van der Waals surface area contributed by atoms with Crippen LogP contribution in [0.15, 0.2) is 18.2 Å². The van der Waals surface area contributed by atoms with Gasteiger partial charge in [0.25, 0.3) is 5.91 Å². The van der Waals surface area contributed by atoms with E-state index in [0.717, 1.165) is 0 Å². The lowest BCUT2D eigenvalue weighted by Gasteiger charge is -2.14. The molecule has 0 radical (unpaired) electrons. The summed E-state index contributed by atoms with van der Waals surface area (Å²) in [6.45, 7) is -1.43. The number of likely N-dealkylation sites (N-methyl/N-ethyl adjacent to an activating group) is 1. The molecule has 0 spiro atoms. The normalized spacial score (nSPS) is 12.4. The highest BCUT2D eigenvalue weighted by Crippen LogP contribution is 2.17. The third-order valence-corrected chi connectivity index (χ3v) is 2.89. The maximum absolute atomic E-state index is 13.6. The van der Waals surface area contributed by atoms with Crippen LogP contribution in [-0.4, -0.2) is 45.4 Å². The maximum atomic E-state index is 13.6. The van der Waals surface area contributed by atoms with E-state index < -0.39 is 30.5 Å². The Hall–Kier alpha value is -2.36. The summed E-state index contributed by atoms with van der Waals surface area (Å²) in [5, 5.41) is 3.32. The van der Waals surface area contributed by atoms with Gasteiger partial charge in [0.2, 0.25) is 0 Å². The van der Waals surface area contributed by atoms with Gasteiger partial charge in [-0.05, 0) is 18.2 Å². The van der Waals surface area contributed by atoms with Crippen molar-refractivity contribution >= 4 is 11.9 Å². The Labute approximate surface area is 135 Å². The number of imide groups is 1.